The van der Waals surface area contributed by atoms with Gasteiger partial charge in [0.15, 0.2) is 0 Å². The largest absolute Gasteiger partial charge is 0.392 e. The summed E-state index contributed by atoms with van der Waals surface area (Å²) < 4.78 is 1.41. The fourth-order valence-corrected chi connectivity index (χ4v) is 1.23. The van der Waals surface area contributed by atoms with Crippen LogP contribution in [-0.2, 0) is 6.54 Å². The summed E-state index contributed by atoms with van der Waals surface area (Å²) in [5.74, 6) is -0.151. The first kappa shape index (κ1) is 11.6. The number of rotatable bonds is 4. The van der Waals surface area contributed by atoms with Crippen molar-refractivity contribution < 1.29 is 10.0 Å². The van der Waals surface area contributed by atoms with E-state index in [2.05, 4.69) is 5.10 Å². The molecule has 0 aromatic carbocycles. The third-order valence-electron chi connectivity index (χ3n) is 2.36. The molecule has 6 heteroatoms. The maximum absolute atomic E-state index is 10.5. The molecule has 0 aliphatic rings. The lowest BCUT2D eigenvalue weighted by Gasteiger charge is -2.18. The molecule has 15 heavy (non-hydrogen) atoms. The van der Waals surface area contributed by atoms with Crippen molar-refractivity contribution in [3.8, 4) is 0 Å². The van der Waals surface area contributed by atoms with Crippen LogP contribution < -0.4 is 0 Å². The van der Waals surface area contributed by atoms with E-state index < -0.39 is 10.5 Å². The second-order valence-electron chi connectivity index (χ2n) is 3.94. The highest BCUT2D eigenvalue weighted by Gasteiger charge is 2.24. The van der Waals surface area contributed by atoms with Crippen LogP contribution in [0.15, 0.2) is 6.20 Å². The Morgan fingerprint density at radius 1 is 1.73 bits per heavy atom. The van der Waals surface area contributed by atoms with Crippen LogP contribution in [0.25, 0.3) is 0 Å². The minimum Gasteiger partial charge on any atom is -0.388 e. The maximum Gasteiger partial charge on any atom is 0.392 e. The molecular formula is C9H15N3O3. The number of nitrogens with zero attached hydrogens (tertiary/aromatic N) is 3. The number of hydrogen-bond acceptors (Lipinski definition) is 4. The first-order valence-electron chi connectivity index (χ1n) is 4.76. The van der Waals surface area contributed by atoms with Crippen molar-refractivity contribution in [2.45, 2.75) is 39.3 Å². The molecule has 0 aliphatic heterocycles. The quantitative estimate of drug-likeness (QED) is 0.603. The van der Waals surface area contributed by atoms with Gasteiger partial charge in [-0.1, -0.05) is 6.92 Å². The van der Waals surface area contributed by atoms with E-state index in [9.17, 15) is 15.2 Å². The molecule has 0 spiro atoms. The Balaban J connectivity index is 2.89. The third kappa shape index (κ3) is 2.76. The maximum atomic E-state index is 10.5. The van der Waals surface area contributed by atoms with E-state index in [1.54, 1.807) is 20.0 Å². The van der Waals surface area contributed by atoms with E-state index in [-0.39, 0.29) is 12.4 Å². The van der Waals surface area contributed by atoms with Crippen molar-refractivity contribution in [1.29, 1.82) is 0 Å². The van der Waals surface area contributed by atoms with E-state index in [4.69, 9.17) is 0 Å². The van der Waals surface area contributed by atoms with E-state index in [0.29, 0.717) is 12.0 Å². The van der Waals surface area contributed by atoms with Gasteiger partial charge in [0.25, 0.3) is 0 Å². The highest BCUT2D eigenvalue weighted by Crippen LogP contribution is 2.17. The number of aliphatic hydroxyl groups is 1. The lowest BCUT2D eigenvalue weighted by molar-refractivity contribution is -0.390. The minimum absolute atomic E-state index is 0.151. The second-order valence-corrected chi connectivity index (χ2v) is 3.94. The average molecular weight is 213 g/mol. The number of aromatic nitrogens is 2. The topological polar surface area (TPSA) is 81.2 Å². The molecule has 1 aromatic rings. The summed E-state index contributed by atoms with van der Waals surface area (Å²) in [5.41, 5.74) is -0.376. The van der Waals surface area contributed by atoms with Crippen LogP contribution in [0, 0.1) is 17.0 Å². The van der Waals surface area contributed by atoms with E-state index in [1.807, 2.05) is 6.92 Å². The summed E-state index contributed by atoms with van der Waals surface area (Å²) in [7, 11) is 0. The molecular weight excluding hydrogens is 198 g/mol. The zero-order chi connectivity index (χ0) is 11.6. The molecule has 1 heterocycles. The number of nitro groups is 1. The summed E-state index contributed by atoms with van der Waals surface area (Å²) in [6, 6.07) is 0. The van der Waals surface area contributed by atoms with Crippen molar-refractivity contribution in [1.82, 2.24) is 9.78 Å². The molecule has 0 amide bonds. The SMILES string of the molecule is CCC(C)(O)Cn1cc(C)c([N+](=O)[O-])n1. The molecule has 1 unspecified atom stereocenters. The normalized spacial score (nSPS) is 14.9. The molecule has 84 valence electrons. The van der Waals surface area contributed by atoms with Crippen molar-refractivity contribution in [3.63, 3.8) is 0 Å². The van der Waals surface area contributed by atoms with Gasteiger partial charge in [0.05, 0.1) is 29.0 Å². The standard InChI is InChI=1S/C9H15N3O3/c1-4-9(3,13)6-11-5-7(2)8(10-11)12(14)15/h5,13H,4,6H2,1-3H3. The van der Waals surface area contributed by atoms with Gasteiger partial charge in [-0.15, -0.1) is 0 Å². The molecule has 6 nitrogen and oxygen atoms in total. The predicted octanol–water partition coefficient (Wildman–Crippen LogP) is 1.26. The molecule has 1 aromatic heterocycles. The third-order valence-corrected chi connectivity index (χ3v) is 2.36. The molecule has 1 rings (SSSR count). The van der Waals surface area contributed by atoms with E-state index >= 15 is 0 Å². The van der Waals surface area contributed by atoms with Gasteiger partial charge < -0.3 is 15.2 Å². The van der Waals surface area contributed by atoms with E-state index in [1.165, 1.54) is 4.68 Å². The van der Waals surface area contributed by atoms with Crippen LogP contribution in [0.1, 0.15) is 25.8 Å². The van der Waals surface area contributed by atoms with Gasteiger partial charge in [-0.05, 0) is 25.2 Å². The van der Waals surface area contributed by atoms with Crippen LogP contribution in [0.2, 0.25) is 0 Å². The summed E-state index contributed by atoms with van der Waals surface area (Å²) in [4.78, 5) is 10.0. The van der Waals surface area contributed by atoms with Crippen molar-refractivity contribution >= 4 is 5.82 Å². The van der Waals surface area contributed by atoms with Crippen LogP contribution in [0.4, 0.5) is 5.82 Å². The van der Waals surface area contributed by atoms with Gasteiger partial charge in [-0.25, -0.2) is 0 Å². The monoisotopic (exact) mass is 213 g/mol. The van der Waals surface area contributed by atoms with Gasteiger partial charge in [-0.3, -0.25) is 0 Å². The highest BCUT2D eigenvalue weighted by atomic mass is 16.6. The minimum atomic E-state index is -0.883. The lowest BCUT2D eigenvalue weighted by Crippen LogP contribution is -2.29. The molecule has 0 aliphatic carbocycles. The molecule has 0 fully saturated rings. The Labute approximate surface area is 87.7 Å². The fraction of sp³-hybridized carbons (Fsp3) is 0.667. The summed E-state index contributed by atoms with van der Waals surface area (Å²) in [6.07, 6.45) is 2.14. The molecule has 0 saturated carbocycles. The van der Waals surface area contributed by atoms with Gasteiger partial charge >= 0.3 is 5.82 Å². The van der Waals surface area contributed by atoms with Crippen molar-refractivity contribution in [3.05, 3.63) is 21.9 Å². The van der Waals surface area contributed by atoms with Crippen LogP contribution in [-0.4, -0.2) is 25.4 Å². The fourth-order valence-electron chi connectivity index (χ4n) is 1.23. The molecule has 0 saturated heterocycles. The van der Waals surface area contributed by atoms with Crippen LogP contribution in [0.3, 0.4) is 0 Å². The lowest BCUT2D eigenvalue weighted by atomic mass is 10.0. The molecule has 0 radical (unpaired) electrons. The van der Waals surface area contributed by atoms with Gasteiger partial charge in [0.2, 0.25) is 0 Å². The van der Waals surface area contributed by atoms with Gasteiger partial charge in [-0.2, -0.15) is 4.68 Å². The first-order chi connectivity index (χ1) is 6.85. The smallest absolute Gasteiger partial charge is 0.388 e. The highest BCUT2D eigenvalue weighted by molar-refractivity contribution is 5.28. The number of hydrogen-bond donors (Lipinski definition) is 1. The first-order valence-corrected chi connectivity index (χ1v) is 4.76. The molecule has 0 bridgehead atoms. The Morgan fingerprint density at radius 2 is 2.33 bits per heavy atom. The Morgan fingerprint density at radius 3 is 2.73 bits per heavy atom. The summed E-state index contributed by atoms with van der Waals surface area (Å²) in [6.45, 7) is 5.42. The van der Waals surface area contributed by atoms with Crippen LogP contribution in [0.5, 0.6) is 0 Å². The Kier molecular flexibility index (Phi) is 3.09. The van der Waals surface area contributed by atoms with E-state index in [0.717, 1.165) is 0 Å². The second kappa shape index (κ2) is 3.98. The molecule has 1 N–H and O–H groups in total. The van der Waals surface area contributed by atoms with Crippen LogP contribution >= 0.6 is 0 Å². The predicted molar refractivity (Wildman–Crippen MR) is 54.5 cm³/mol. The Bertz CT molecular complexity index is 371. The van der Waals surface area contributed by atoms with Crippen molar-refractivity contribution in [2.24, 2.45) is 0 Å². The zero-order valence-corrected chi connectivity index (χ0v) is 9.10. The van der Waals surface area contributed by atoms with Gasteiger partial charge in [0.1, 0.15) is 0 Å². The molecule has 1 atom stereocenters. The average Bonchev–Trinajstić information content (AvgIpc) is 2.46. The summed E-state index contributed by atoms with van der Waals surface area (Å²) >= 11 is 0. The zero-order valence-electron chi connectivity index (χ0n) is 9.10. The summed E-state index contributed by atoms with van der Waals surface area (Å²) in [5, 5.41) is 24.1. The van der Waals surface area contributed by atoms with Gasteiger partial charge in [0, 0.05) is 0 Å². The van der Waals surface area contributed by atoms with Crippen molar-refractivity contribution in [2.75, 3.05) is 0 Å². The Hall–Kier alpha value is -1.43. The number of aryl methyl sites for hydroxylation is 1.